The summed E-state index contributed by atoms with van der Waals surface area (Å²) < 4.78 is 40.9. The van der Waals surface area contributed by atoms with Crippen LogP contribution in [0.15, 0.2) is 17.0 Å². The summed E-state index contributed by atoms with van der Waals surface area (Å²) in [7, 11) is -1.96. The van der Waals surface area contributed by atoms with Gasteiger partial charge in [0, 0.05) is 18.3 Å². The third-order valence-electron chi connectivity index (χ3n) is 3.25. The Hall–Kier alpha value is -1.18. The minimum atomic E-state index is -3.87. The molecule has 0 radical (unpaired) electrons. The van der Waals surface area contributed by atoms with Gasteiger partial charge in [-0.15, -0.1) is 0 Å². The number of anilines is 1. The number of nitrogens with zero attached hydrogens (tertiary/aromatic N) is 1. The molecule has 19 heavy (non-hydrogen) atoms. The van der Waals surface area contributed by atoms with Crippen molar-refractivity contribution in [2.45, 2.75) is 24.3 Å². The average molecular weight is 287 g/mol. The van der Waals surface area contributed by atoms with Gasteiger partial charge in [0.1, 0.15) is 10.7 Å². The summed E-state index contributed by atoms with van der Waals surface area (Å²) in [5.41, 5.74) is 6.05. The second kappa shape index (κ2) is 5.07. The van der Waals surface area contributed by atoms with E-state index in [4.69, 9.17) is 5.73 Å². The number of likely N-dealkylation sites (tertiary alicyclic amines) is 1. The van der Waals surface area contributed by atoms with Gasteiger partial charge in [-0.3, -0.25) is 0 Å². The lowest BCUT2D eigenvalue weighted by molar-refractivity contribution is 0.407. The summed E-state index contributed by atoms with van der Waals surface area (Å²) in [6.07, 6.45) is 0.721. The standard InChI is InChI=1S/C12H18FN3O2S/c1-8-5-9(14)6-11(12(8)13)19(17,18)15-10-3-4-16(2)7-10/h5-6,10,15H,3-4,7,14H2,1-2H3. The molecule has 7 heteroatoms. The first-order valence-corrected chi connectivity index (χ1v) is 7.54. The van der Waals surface area contributed by atoms with Crippen LogP contribution < -0.4 is 10.5 Å². The van der Waals surface area contributed by atoms with Crippen molar-refractivity contribution in [3.05, 3.63) is 23.5 Å². The second-order valence-electron chi connectivity index (χ2n) is 5.02. The first kappa shape index (κ1) is 14.2. The summed E-state index contributed by atoms with van der Waals surface area (Å²) in [4.78, 5) is 1.65. The number of aryl methyl sites for hydroxylation is 1. The van der Waals surface area contributed by atoms with Crippen molar-refractivity contribution in [1.29, 1.82) is 0 Å². The maximum absolute atomic E-state index is 13.9. The summed E-state index contributed by atoms with van der Waals surface area (Å²) in [5.74, 6) is -0.743. The van der Waals surface area contributed by atoms with Gasteiger partial charge in [0.15, 0.2) is 0 Å². The molecule has 1 aliphatic heterocycles. The van der Waals surface area contributed by atoms with Crippen molar-refractivity contribution in [3.8, 4) is 0 Å². The number of halogens is 1. The Labute approximate surface area is 112 Å². The first-order valence-electron chi connectivity index (χ1n) is 6.06. The largest absolute Gasteiger partial charge is 0.399 e. The molecule has 1 saturated heterocycles. The Morgan fingerprint density at radius 3 is 2.74 bits per heavy atom. The van der Waals surface area contributed by atoms with Crippen LogP contribution in [0.4, 0.5) is 10.1 Å². The number of hydrogen-bond donors (Lipinski definition) is 2. The molecule has 0 amide bonds. The highest BCUT2D eigenvalue weighted by atomic mass is 32.2. The van der Waals surface area contributed by atoms with E-state index in [2.05, 4.69) is 4.72 Å². The van der Waals surface area contributed by atoms with Crippen LogP contribution in [0.3, 0.4) is 0 Å². The van der Waals surface area contributed by atoms with Gasteiger partial charge in [-0.1, -0.05) is 0 Å². The fraction of sp³-hybridized carbons (Fsp3) is 0.500. The quantitative estimate of drug-likeness (QED) is 0.802. The van der Waals surface area contributed by atoms with E-state index in [0.717, 1.165) is 19.0 Å². The Kier molecular flexibility index (Phi) is 3.80. The van der Waals surface area contributed by atoms with Crippen molar-refractivity contribution < 1.29 is 12.8 Å². The summed E-state index contributed by atoms with van der Waals surface area (Å²) in [5, 5.41) is 0. The number of likely N-dealkylation sites (N-methyl/N-ethyl adjacent to an activating group) is 1. The molecule has 5 nitrogen and oxygen atoms in total. The highest BCUT2D eigenvalue weighted by Gasteiger charge is 2.28. The van der Waals surface area contributed by atoms with Crippen molar-refractivity contribution in [3.63, 3.8) is 0 Å². The molecule has 0 aliphatic carbocycles. The van der Waals surface area contributed by atoms with Crippen LogP contribution in [0.25, 0.3) is 0 Å². The summed E-state index contributed by atoms with van der Waals surface area (Å²) >= 11 is 0. The molecule has 3 N–H and O–H groups in total. The second-order valence-corrected chi connectivity index (χ2v) is 6.70. The molecule has 1 atom stereocenters. The minimum Gasteiger partial charge on any atom is -0.399 e. The SMILES string of the molecule is Cc1cc(N)cc(S(=O)(=O)NC2CCN(C)C2)c1F. The van der Waals surface area contributed by atoms with E-state index < -0.39 is 15.8 Å². The Morgan fingerprint density at radius 1 is 1.47 bits per heavy atom. The van der Waals surface area contributed by atoms with Gasteiger partial charge < -0.3 is 10.6 Å². The van der Waals surface area contributed by atoms with Crippen molar-refractivity contribution in [2.75, 3.05) is 25.9 Å². The highest BCUT2D eigenvalue weighted by Crippen LogP contribution is 2.22. The lowest BCUT2D eigenvalue weighted by Crippen LogP contribution is -2.37. The van der Waals surface area contributed by atoms with Crippen LogP contribution >= 0.6 is 0 Å². The summed E-state index contributed by atoms with van der Waals surface area (Å²) in [6.45, 7) is 2.95. The van der Waals surface area contributed by atoms with Crippen molar-refractivity contribution in [2.24, 2.45) is 0 Å². The number of nitrogens with one attached hydrogen (secondary N) is 1. The zero-order chi connectivity index (χ0) is 14.2. The lowest BCUT2D eigenvalue weighted by atomic mass is 10.2. The fourth-order valence-corrected chi connectivity index (χ4v) is 3.72. The number of benzene rings is 1. The molecule has 1 unspecified atom stereocenters. The van der Waals surface area contributed by atoms with Gasteiger partial charge in [0.2, 0.25) is 10.0 Å². The van der Waals surface area contributed by atoms with Crippen LogP contribution in [0, 0.1) is 12.7 Å². The van der Waals surface area contributed by atoms with E-state index >= 15 is 0 Å². The lowest BCUT2D eigenvalue weighted by Gasteiger charge is -2.14. The number of nitrogen functional groups attached to an aromatic ring is 1. The van der Waals surface area contributed by atoms with Gasteiger partial charge in [0.05, 0.1) is 0 Å². The van der Waals surface area contributed by atoms with E-state index in [9.17, 15) is 12.8 Å². The minimum absolute atomic E-state index is 0.184. The fourth-order valence-electron chi connectivity index (χ4n) is 2.27. The summed E-state index contributed by atoms with van der Waals surface area (Å²) in [6, 6.07) is 2.39. The molecule has 1 aliphatic rings. The molecule has 1 fully saturated rings. The molecular weight excluding hydrogens is 269 g/mol. The third kappa shape index (κ3) is 3.05. The van der Waals surface area contributed by atoms with Gasteiger partial charge in [-0.2, -0.15) is 0 Å². The predicted octanol–water partition coefficient (Wildman–Crippen LogP) is 0.699. The molecule has 1 aromatic rings. The molecule has 0 aromatic heterocycles. The smallest absolute Gasteiger partial charge is 0.243 e. The topological polar surface area (TPSA) is 75.4 Å². The molecule has 0 saturated carbocycles. The van der Waals surface area contributed by atoms with Gasteiger partial charge >= 0.3 is 0 Å². The Morgan fingerprint density at radius 2 is 2.16 bits per heavy atom. The van der Waals surface area contributed by atoms with Crippen LogP contribution in [0.5, 0.6) is 0 Å². The molecule has 2 rings (SSSR count). The van der Waals surface area contributed by atoms with Crippen LogP contribution in [0.2, 0.25) is 0 Å². The molecular formula is C12H18FN3O2S. The normalized spacial score (nSPS) is 20.9. The predicted molar refractivity (Wildman–Crippen MR) is 71.8 cm³/mol. The monoisotopic (exact) mass is 287 g/mol. The maximum atomic E-state index is 13.9. The van der Waals surface area contributed by atoms with E-state index in [1.165, 1.54) is 13.0 Å². The Balaban J connectivity index is 2.29. The van der Waals surface area contributed by atoms with Gasteiger partial charge in [-0.25, -0.2) is 17.5 Å². The van der Waals surface area contributed by atoms with E-state index in [1.807, 2.05) is 11.9 Å². The highest BCUT2D eigenvalue weighted by molar-refractivity contribution is 7.89. The van der Waals surface area contributed by atoms with Gasteiger partial charge in [0.25, 0.3) is 0 Å². The Bertz CT molecular complexity index is 589. The zero-order valence-electron chi connectivity index (χ0n) is 11.0. The first-order chi connectivity index (χ1) is 8.79. The molecule has 1 aromatic carbocycles. The van der Waals surface area contributed by atoms with E-state index in [0.29, 0.717) is 6.54 Å². The van der Waals surface area contributed by atoms with E-state index in [1.54, 1.807) is 0 Å². The molecule has 0 spiro atoms. The molecule has 106 valence electrons. The van der Waals surface area contributed by atoms with Crippen LogP contribution in [-0.2, 0) is 10.0 Å². The number of rotatable bonds is 3. The van der Waals surface area contributed by atoms with E-state index in [-0.39, 0.29) is 22.2 Å². The van der Waals surface area contributed by atoms with Gasteiger partial charge in [-0.05, 0) is 44.6 Å². The van der Waals surface area contributed by atoms with Crippen molar-refractivity contribution >= 4 is 15.7 Å². The van der Waals surface area contributed by atoms with Crippen LogP contribution in [0.1, 0.15) is 12.0 Å². The number of nitrogens with two attached hydrogens (primary N) is 1. The van der Waals surface area contributed by atoms with Crippen LogP contribution in [-0.4, -0.2) is 39.5 Å². The third-order valence-corrected chi connectivity index (χ3v) is 4.77. The maximum Gasteiger partial charge on any atom is 0.243 e. The average Bonchev–Trinajstić information content (AvgIpc) is 2.68. The number of sulfonamides is 1. The zero-order valence-corrected chi connectivity index (χ0v) is 11.8. The molecule has 1 heterocycles. The number of hydrogen-bond acceptors (Lipinski definition) is 4. The molecule has 0 bridgehead atoms. The van der Waals surface area contributed by atoms with Crippen molar-refractivity contribution in [1.82, 2.24) is 9.62 Å².